The highest BCUT2D eigenvalue weighted by Crippen LogP contribution is 2.23. The van der Waals surface area contributed by atoms with Gasteiger partial charge in [0.25, 0.3) is 5.91 Å². The lowest BCUT2D eigenvalue weighted by atomic mass is 10.1. The van der Waals surface area contributed by atoms with Crippen LogP contribution in [0.1, 0.15) is 33.5 Å². The molecule has 3 nitrogen and oxygen atoms in total. The second kappa shape index (κ2) is 7.52. The molecule has 0 bridgehead atoms. The first-order valence-corrected chi connectivity index (χ1v) is 10.3. The summed E-state index contributed by atoms with van der Waals surface area (Å²) in [7, 11) is 0. The second-order valence-electron chi connectivity index (χ2n) is 6.79. The minimum absolute atomic E-state index is 0.0202. The highest BCUT2D eigenvalue weighted by atomic mass is 32.2. The van der Waals surface area contributed by atoms with E-state index in [0.29, 0.717) is 6.54 Å². The molecule has 4 rings (SSSR count). The summed E-state index contributed by atoms with van der Waals surface area (Å²) in [6.45, 7) is 2.82. The largest absolute Gasteiger partial charge is 0.370 e. The van der Waals surface area contributed by atoms with Gasteiger partial charge in [0, 0.05) is 42.4 Å². The Labute approximate surface area is 153 Å². The van der Waals surface area contributed by atoms with Crippen molar-refractivity contribution >= 4 is 23.4 Å². The Hall–Kier alpha value is -1.94. The average Bonchev–Trinajstić information content (AvgIpc) is 3.15. The molecule has 1 fully saturated rings. The molecule has 130 valence electrons. The number of thioether (sulfide) groups is 1. The van der Waals surface area contributed by atoms with Crippen molar-refractivity contribution in [1.29, 1.82) is 0 Å². The number of carbonyl (C=O) groups excluding carboxylic acids is 1. The summed E-state index contributed by atoms with van der Waals surface area (Å²) in [4.78, 5) is 14.8. The van der Waals surface area contributed by atoms with E-state index in [1.54, 1.807) is 0 Å². The van der Waals surface area contributed by atoms with E-state index in [-0.39, 0.29) is 5.91 Å². The number of anilines is 1. The van der Waals surface area contributed by atoms with E-state index >= 15 is 0 Å². The van der Waals surface area contributed by atoms with Gasteiger partial charge in [-0.15, -0.1) is 0 Å². The first kappa shape index (κ1) is 16.5. The van der Waals surface area contributed by atoms with Crippen LogP contribution in [0.3, 0.4) is 0 Å². The number of benzene rings is 2. The van der Waals surface area contributed by atoms with Crippen LogP contribution in [0.5, 0.6) is 0 Å². The van der Waals surface area contributed by atoms with Gasteiger partial charge in [-0.2, -0.15) is 11.8 Å². The molecule has 0 atom stereocenters. The molecule has 1 aliphatic carbocycles. The zero-order valence-electron chi connectivity index (χ0n) is 14.5. The van der Waals surface area contributed by atoms with Crippen molar-refractivity contribution in [3.8, 4) is 0 Å². The first-order valence-electron chi connectivity index (χ1n) is 9.11. The van der Waals surface area contributed by atoms with Crippen LogP contribution in [0, 0.1) is 0 Å². The SMILES string of the molecule is O=C(NCc1ccc(N2CCSCC2)cc1)c1ccc2c(c1)CCC2. The molecular weight excluding hydrogens is 328 g/mol. The molecule has 2 aromatic carbocycles. The van der Waals surface area contributed by atoms with Gasteiger partial charge in [-0.05, 0) is 60.2 Å². The van der Waals surface area contributed by atoms with Crippen LogP contribution in [-0.2, 0) is 19.4 Å². The van der Waals surface area contributed by atoms with Gasteiger partial charge in [0.2, 0.25) is 0 Å². The van der Waals surface area contributed by atoms with Crippen molar-refractivity contribution in [1.82, 2.24) is 5.32 Å². The van der Waals surface area contributed by atoms with Crippen molar-refractivity contribution in [2.24, 2.45) is 0 Å². The second-order valence-corrected chi connectivity index (χ2v) is 8.01. The molecule has 0 unspecified atom stereocenters. The van der Waals surface area contributed by atoms with E-state index in [9.17, 15) is 4.79 Å². The molecule has 1 N–H and O–H groups in total. The highest BCUT2D eigenvalue weighted by Gasteiger charge is 2.14. The predicted molar refractivity (Wildman–Crippen MR) is 106 cm³/mol. The summed E-state index contributed by atoms with van der Waals surface area (Å²) in [5, 5.41) is 3.05. The Morgan fingerprint density at radius 1 is 1.00 bits per heavy atom. The van der Waals surface area contributed by atoms with E-state index in [2.05, 4.69) is 46.6 Å². The lowest BCUT2D eigenvalue weighted by Gasteiger charge is -2.28. The van der Waals surface area contributed by atoms with Crippen LogP contribution in [0.2, 0.25) is 0 Å². The Bertz CT molecular complexity index is 751. The molecule has 0 saturated carbocycles. The molecule has 0 aromatic heterocycles. The molecule has 2 aromatic rings. The maximum atomic E-state index is 12.4. The summed E-state index contributed by atoms with van der Waals surface area (Å²) in [6.07, 6.45) is 3.47. The van der Waals surface area contributed by atoms with E-state index in [0.717, 1.165) is 37.1 Å². The van der Waals surface area contributed by atoms with Crippen LogP contribution in [0.25, 0.3) is 0 Å². The minimum Gasteiger partial charge on any atom is -0.370 e. The third-order valence-electron chi connectivity index (χ3n) is 5.13. The maximum absolute atomic E-state index is 12.4. The summed E-state index contributed by atoms with van der Waals surface area (Å²) in [6, 6.07) is 14.7. The maximum Gasteiger partial charge on any atom is 0.251 e. The molecule has 25 heavy (non-hydrogen) atoms. The normalized spacial score (nSPS) is 16.6. The zero-order valence-corrected chi connectivity index (χ0v) is 15.3. The number of amides is 1. The molecule has 1 amide bonds. The number of carbonyl (C=O) groups is 1. The molecule has 1 saturated heterocycles. The van der Waals surface area contributed by atoms with Gasteiger partial charge in [0.05, 0.1) is 0 Å². The third kappa shape index (κ3) is 3.84. The van der Waals surface area contributed by atoms with E-state index in [4.69, 9.17) is 0 Å². The van der Waals surface area contributed by atoms with Gasteiger partial charge in [-0.3, -0.25) is 4.79 Å². The van der Waals surface area contributed by atoms with Crippen LogP contribution in [0.15, 0.2) is 42.5 Å². The third-order valence-corrected chi connectivity index (χ3v) is 6.07. The number of nitrogens with one attached hydrogen (secondary N) is 1. The van der Waals surface area contributed by atoms with Crippen LogP contribution in [-0.4, -0.2) is 30.5 Å². The minimum atomic E-state index is 0.0202. The zero-order chi connectivity index (χ0) is 17.1. The fourth-order valence-electron chi connectivity index (χ4n) is 3.64. The van der Waals surface area contributed by atoms with Crippen molar-refractivity contribution in [3.63, 3.8) is 0 Å². The van der Waals surface area contributed by atoms with E-state index in [1.807, 2.05) is 17.8 Å². The summed E-state index contributed by atoms with van der Waals surface area (Å²) in [5.41, 5.74) is 5.96. The Kier molecular flexibility index (Phi) is 4.97. The molecular formula is C21H24N2OS. The summed E-state index contributed by atoms with van der Waals surface area (Å²) in [5.74, 6) is 2.43. The molecule has 2 aliphatic rings. The standard InChI is InChI=1S/C21H24N2OS/c24-21(19-7-6-17-2-1-3-18(17)14-19)22-15-16-4-8-20(9-5-16)23-10-12-25-13-11-23/h4-9,14H,1-3,10-13,15H2,(H,22,24). The van der Waals surface area contributed by atoms with E-state index in [1.165, 1.54) is 34.7 Å². The van der Waals surface area contributed by atoms with Gasteiger partial charge in [-0.25, -0.2) is 0 Å². The van der Waals surface area contributed by atoms with E-state index < -0.39 is 0 Å². The quantitative estimate of drug-likeness (QED) is 0.911. The number of hydrogen-bond acceptors (Lipinski definition) is 3. The Balaban J connectivity index is 1.35. The monoisotopic (exact) mass is 352 g/mol. The van der Waals surface area contributed by atoms with Crippen molar-refractivity contribution in [2.75, 3.05) is 29.5 Å². The summed E-state index contributed by atoms with van der Waals surface area (Å²) < 4.78 is 0. The number of aryl methyl sites for hydroxylation is 2. The van der Waals surface area contributed by atoms with Crippen molar-refractivity contribution in [3.05, 3.63) is 64.7 Å². The van der Waals surface area contributed by atoms with Crippen LogP contribution in [0.4, 0.5) is 5.69 Å². The Morgan fingerprint density at radius 3 is 2.56 bits per heavy atom. The van der Waals surface area contributed by atoms with Crippen molar-refractivity contribution < 1.29 is 4.79 Å². The van der Waals surface area contributed by atoms with Gasteiger partial charge in [0.1, 0.15) is 0 Å². The number of hydrogen-bond donors (Lipinski definition) is 1. The predicted octanol–water partition coefficient (Wildman–Crippen LogP) is 3.66. The highest BCUT2D eigenvalue weighted by molar-refractivity contribution is 7.99. The molecule has 0 spiro atoms. The number of fused-ring (bicyclic) bond motifs is 1. The molecule has 1 aliphatic heterocycles. The molecule has 0 radical (unpaired) electrons. The summed E-state index contributed by atoms with van der Waals surface area (Å²) >= 11 is 2.02. The number of rotatable bonds is 4. The topological polar surface area (TPSA) is 32.3 Å². The molecule has 4 heteroatoms. The van der Waals surface area contributed by atoms with Gasteiger partial charge in [0.15, 0.2) is 0 Å². The van der Waals surface area contributed by atoms with Crippen LogP contribution >= 0.6 is 11.8 Å². The van der Waals surface area contributed by atoms with Gasteiger partial charge >= 0.3 is 0 Å². The fraction of sp³-hybridized carbons (Fsp3) is 0.381. The van der Waals surface area contributed by atoms with Crippen molar-refractivity contribution in [2.45, 2.75) is 25.8 Å². The average molecular weight is 353 g/mol. The van der Waals surface area contributed by atoms with Crippen LogP contribution < -0.4 is 10.2 Å². The van der Waals surface area contributed by atoms with Gasteiger partial charge < -0.3 is 10.2 Å². The smallest absolute Gasteiger partial charge is 0.251 e. The Morgan fingerprint density at radius 2 is 1.76 bits per heavy atom. The lowest BCUT2D eigenvalue weighted by molar-refractivity contribution is 0.0951. The lowest BCUT2D eigenvalue weighted by Crippen LogP contribution is -2.32. The fourth-order valence-corrected chi connectivity index (χ4v) is 4.55. The van der Waals surface area contributed by atoms with Gasteiger partial charge in [-0.1, -0.05) is 18.2 Å². The first-order chi connectivity index (χ1) is 12.3. The number of nitrogens with zero attached hydrogens (tertiary/aromatic N) is 1. The molecule has 1 heterocycles.